The van der Waals surface area contributed by atoms with E-state index in [1.165, 1.54) is 4.68 Å². The van der Waals surface area contributed by atoms with E-state index in [0.717, 1.165) is 19.4 Å². The molecule has 0 radical (unpaired) electrons. The molecule has 1 aromatic heterocycles. The molecule has 0 bridgehead atoms. The smallest absolute Gasteiger partial charge is 0.287 e. The van der Waals surface area contributed by atoms with Crippen molar-refractivity contribution in [2.45, 2.75) is 40.2 Å². The average Bonchev–Trinajstić information content (AvgIpc) is 2.29. The lowest BCUT2D eigenvalue weighted by Gasteiger charge is -2.10. The van der Waals surface area contributed by atoms with E-state index in [9.17, 15) is 4.79 Å². The van der Waals surface area contributed by atoms with Crippen molar-refractivity contribution < 1.29 is 0 Å². The summed E-state index contributed by atoms with van der Waals surface area (Å²) >= 11 is 5.98. The van der Waals surface area contributed by atoms with Crippen molar-refractivity contribution in [3.8, 4) is 0 Å². The first kappa shape index (κ1) is 14.0. The van der Waals surface area contributed by atoms with Gasteiger partial charge in [-0.3, -0.25) is 4.79 Å². The quantitative estimate of drug-likeness (QED) is 0.797. The van der Waals surface area contributed by atoms with Crippen LogP contribution in [0.1, 0.15) is 33.6 Å². The summed E-state index contributed by atoms with van der Waals surface area (Å²) in [5.41, 5.74) is 0.396. The third-order valence-corrected chi connectivity index (χ3v) is 2.92. The number of halogens is 1. The summed E-state index contributed by atoms with van der Waals surface area (Å²) in [7, 11) is 0. The summed E-state index contributed by atoms with van der Waals surface area (Å²) in [5.74, 6) is 0.693. The normalized spacial score (nSPS) is 10.9. The van der Waals surface area contributed by atoms with Crippen LogP contribution in [-0.2, 0) is 6.54 Å². The van der Waals surface area contributed by atoms with Crippen LogP contribution in [0.3, 0.4) is 0 Å². The molecular weight excluding hydrogens is 238 g/mol. The lowest BCUT2D eigenvalue weighted by molar-refractivity contribution is 0.566. The Morgan fingerprint density at radius 1 is 1.53 bits per heavy atom. The minimum absolute atomic E-state index is 0.228. The fourth-order valence-electron chi connectivity index (χ4n) is 1.55. The molecule has 0 amide bonds. The molecule has 17 heavy (non-hydrogen) atoms. The van der Waals surface area contributed by atoms with Crippen LogP contribution in [0.25, 0.3) is 0 Å². The highest BCUT2D eigenvalue weighted by molar-refractivity contribution is 6.32. The van der Waals surface area contributed by atoms with Crippen LogP contribution >= 0.6 is 11.6 Å². The second-order valence-corrected chi connectivity index (χ2v) is 4.83. The lowest BCUT2D eigenvalue weighted by atomic mass is 10.1. The van der Waals surface area contributed by atoms with E-state index >= 15 is 0 Å². The summed E-state index contributed by atoms with van der Waals surface area (Å²) in [6.45, 7) is 7.59. The van der Waals surface area contributed by atoms with Crippen molar-refractivity contribution in [1.82, 2.24) is 9.78 Å². The number of hydrogen-bond acceptors (Lipinski definition) is 3. The van der Waals surface area contributed by atoms with Crippen LogP contribution in [0.15, 0.2) is 11.0 Å². The van der Waals surface area contributed by atoms with Gasteiger partial charge in [0.25, 0.3) is 5.56 Å². The number of aryl methyl sites for hydroxylation is 1. The van der Waals surface area contributed by atoms with E-state index < -0.39 is 0 Å². The first-order valence-electron chi connectivity index (χ1n) is 6.05. The third kappa shape index (κ3) is 4.04. The highest BCUT2D eigenvalue weighted by Crippen LogP contribution is 2.15. The molecule has 0 fully saturated rings. The zero-order valence-corrected chi connectivity index (χ0v) is 11.4. The molecule has 0 atom stereocenters. The van der Waals surface area contributed by atoms with E-state index in [0.29, 0.717) is 18.2 Å². The predicted octanol–water partition coefficient (Wildman–Crippen LogP) is 2.76. The van der Waals surface area contributed by atoms with Crippen LogP contribution in [0.4, 0.5) is 5.69 Å². The van der Waals surface area contributed by atoms with Gasteiger partial charge >= 0.3 is 0 Å². The van der Waals surface area contributed by atoms with Crippen molar-refractivity contribution in [1.29, 1.82) is 0 Å². The Bertz CT molecular complexity index is 415. The Labute approximate surface area is 107 Å². The molecular formula is C12H20ClN3O. The van der Waals surface area contributed by atoms with E-state index in [1.54, 1.807) is 6.20 Å². The number of hydrogen-bond donors (Lipinski definition) is 1. The fourth-order valence-corrected chi connectivity index (χ4v) is 1.76. The minimum atomic E-state index is -0.233. The van der Waals surface area contributed by atoms with Gasteiger partial charge in [-0.2, -0.15) is 5.10 Å². The van der Waals surface area contributed by atoms with Gasteiger partial charge < -0.3 is 5.32 Å². The first-order chi connectivity index (χ1) is 8.06. The molecule has 1 heterocycles. The molecule has 0 saturated carbocycles. The molecule has 1 N–H and O–H groups in total. The van der Waals surface area contributed by atoms with Crippen molar-refractivity contribution in [2.24, 2.45) is 5.92 Å². The third-order valence-electron chi connectivity index (χ3n) is 2.56. The van der Waals surface area contributed by atoms with Crippen LogP contribution in [0.5, 0.6) is 0 Å². The summed E-state index contributed by atoms with van der Waals surface area (Å²) in [6.07, 6.45) is 3.83. The molecule has 0 unspecified atom stereocenters. The Kier molecular flexibility index (Phi) is 5.48. The number of rotatable bonds is 6. The van der Waals surface area contributed by atoms with Gasteiger partial charge in [0, 0.05) is 13.1 Å². The van der Waals surface area contributed by atoms with Gasteiger partial charge in [0.1, 0.15) is 5.02 Å². The number of aromatic nitrogens is 2. The molecule has 0 saturated heterocycles. The molecule has 96 valence electrons. The van der Waals surface area contributed by atoms with E-state index in [1.807, 2.05) is 6.92 Å². The van der Waals surface area contributed by atoms with E-state index in [-0.39, 0.29) is 10.6 Å². The summed E-state index contributed by atoms with van der Waals surface area (Å²) in [4.78, 5) is 11.7. The maximum atomic E-state index is 11.7. The molecule has 4 nitrogen and oxygen atoms in total. The topological polar surface area (TPSA) is 46.9 Å². The van der Waals surface area contributed by atoms with Gasteiger partial charge in [-0.15, -0.1) is 0 Å². The molecule has 0 aliphatic heterocycles. The largest absolute Gasteiger partial charge is 0.382 e. The molecule has 1 aromatic rings. The highest BCUT2D eigenvalue weighted by Gasteiger charge is 2.07. The Hall–Kier alpha value is -1.03. The summed E-state index contributed by atoms with van der Waals surface area (Å²) in [6, 6.07) is 0. The fraction of sp³-hybridized carbons (Fsp3) is 0.667. The maximum Gasteiger partial charge on any atom is 0.287 e. The Morgan fingerprint density at radius 3 is 2.82 bits per heavy atom. The highest BCUT2D eigenvalue weighted by atomic mass is 35.5. The second-order valence-electron chi connectivity index (χ2n) is 4.46. The Balaban J connectivity index is 2.61. The van der Waals surface area contributed by atoms with E-state index in [2.05, 4.69) is 24.3 Å². The molecule has 1 rings (SSSR count). The lowest BCUT2D eigenvalue weighted by Crippen LogP contribution is -2.23. The van der Waals surface area contributed by atoms with Gasteiger partial charge in [0.05, 0.1) is 11.9 Å². The zero-order chi connectivity index (χ0) is 12.8. The van der Waals surface area contributed by atoms with Crippen molar-refractivity contribution in [2.75, 3.05) is 11.9 Å². The van der Waals surface area contributed by atoms with Gasteiger partial charge in [-0.1, -0.05) is 25.4 Å². The van der Waals surface area contributed by atoms with Gasteiger partial charge in [0.15, 0.2) is 0 Å². The van der Waals surface area contributed by atoms with Gasteiger partial charge in [-0.05, 0) is 25.7 Å². The van der Waals surface area contributed by atoms with Crippen molar-refractivity contribution >= 4 is 17.3 Å². The van der Waals surface area contributed by atoms with Crippen LogP contribution < -0.4 is 10.9 Å². The van der Waals surface area contributed by atoms with Crippen LogP contribution in [0.2, 0.25) is 5.02 Å². The van der Waals surface area contributed by atoms with Crippen molar-refractivity contribution in [3.05, 3.63) is 21.6 Å². The van der Waals surface area contributed by atoms with Crippen LogP contribution in [0, 0.1) is 5.92 Å². The maximum absolute atomic E-state index is 11.7. The summed E-state index contributed by atoms with van der Waals surface area (Å²) in [5, 5.41) is 7.41. The van der Waals surface area contributed by atoms with Gasteiger partial charge in [-0.25, -0.2) is 4.68 Å². The average molecular weight is 258 g/mol. The monoisotopic (exact) mass is 257 g/mol. The molecule has 0 aliphatic rings. The number of nitrogens with zero attached hydrogens (tertiary/aromatic N) is 2. The SMILES string of the molecule is CCn1ncc(NCCCC(C)C)c(Cl)c1=O. The first-order valence-corrected chi connectivity index (χ1v) is 6.43. The number of nitrogens with one attached hydrogen (secondary N) is 1. The molecule has 0 aromatic carbocycles. The minimum Gasteiger partial charge on any atom is -0.382 e. The van der Waals surface area contributed by atoms with Crippen LogP contribution in [-0.4, -0.2) is 16.3 Å². The van der Waals surface area contributed by atoms with E-state index in [4.69, 9.17) is 11.6 Å². The molecule has 0 aliphatic carbocycles. The zero-order valence-electron chi connectivity index (χ0n) is 10.7. The second kappa shape index (κ2) is 6.64. The Morgan fingerprint density at radius 2 is 2.24 bits per heavy atom. The summed E-state index contributed by atoms with van der Waals surface area (Å²) < 4.78 is 1.35. The standard InChI is InChI=1S/C12H20ClN3O/c1-4-16-12(17)11(13)10(8-15-16)14-7-5-6-9(2)3/h8-9,14H,4-7H2,1-3H3. The van der Waals surface area contributed by atoms with Gasteiger partial charge in [0.2, 0.25) is 0 Å². The molecule has 0 spiro atoms. The number of anilines is 1. The van der Waals surface area contributed by atoms with Crippen molar-refractivity contribution in [3.63, 3.8) is 0 Å². The predicted molar refractivity (Wildman–Crippen MR) is 71.7 cm³/mol. The molecule has 5 heteroatoms.